The monoisotopic (exact) mass is 337 g/mol. The zero-order valence-corrected chi connectivity index (χ0v) is 13.2. The van der Waals surface area contributed by atoms with Crippen LogP contribution < -0.4 is 5.73 Å². The number of hydrogen-bond acceptors (Lipinski definition) is 2. The SMILES string of the molecule is CC1CN(C(N)=N[C@@H]2C[C@H]2c2ccccc2Br)CCO1. The number of aliphatic imine (C=N–C) groups is 1. The van der Waals surface area contributed by atoms with Crippen molar-refractivity contribution in [3.8, 4) is 0 Å². The molecule has 1 heterocycles. The van der Waals surface area contributed by atoms with E-state index in [-0.39, 0.29) is 6.10 Å². The van der Waals surface area contributed by atoms with Gasteiger partial charge in [-0.15, -0.1) is 0 Å². The van der Waals surface area contributed by atoms with Crippen molar-refractivity contribution < 1.29 is 4.74 Å². The molecule has 3 atom stereocenters. The van der Waals surface area contributed by atoms with Crippen LogP contribution in [0, 0.1) is 0 Å². The van der Waals surface area contributed by atoms with Crippen LogP contribution in [0.15, 0.2) is 33.7 Å². The first-order valence-electron chi connectivity index (χ1n) is 7.09. The molecule has 0 spiro atoms. The highest BCUT2D eigenvalue weighted by Crippen LogP contribution is 2.46. The van der Waals surface area contributed by atoms with Crippen molar-refractivity contribution in [1.82, 2.24) is 4.90 Å². The van der Waals surface area contributed by atoms with Crippen LogP contribution in [-0.2, 0) is 4.74 Å². The van der Waals surface area contributed by atoms with Gasteiger partial charge in [0.05, 0.1) is 18.8 Å². The molecule has 1 unspecified atom stereocenters. The van der Waals surface area contributed by atoms with E-state index in [0.29, 0.717) is 17.9 Å². The van der Waals surface area contributed by atoms with Gasteiger partial charge in [-0.3, -0.25) is 0 Å². The molecule has 0 bridgehead atoms. The lowest BCUT2D eigenvalue weighted by molar-refractivity contribution is 0.00528. The van der Waals surface area contributed by atoms with Crippen LogP contribution in [0.25, 0.3) is 0 Å². The molecule has 1 aromatic carbocycles. The summed E-state index contributed by atoms with van der Waals surface area (Å²) in [4.78, 5) is 6.82. The Hall–Kier alpha value is -1.07. The van der Waals surface area contributed by atoms with Crippen LogP contribution in [-0.4, -0.2) is 42.7 Å². The predicted molar refractivity (Wildman–Crippen MR) is 83.9 cm³/mol. The molecule has 0 amide bonds. The van der Waals surface area contributed by atoms with Crippen molar-refractivity contribution in [2.45, 2.75) is 31.4 Å². The largest absolute Gasteiger partial charge is 0.375 e. The summed E-state index contributed by atoms with van der Waals surface area (Å²) >= 11 is 3.61. The number of morpholine rings is 1. The summed E-state index contributed by atoms with van der Waals surface area (Å²) in [6.07, 6.45) is 1.32. The minimum Gasteiger partial charge on any atom is -0.375 e. The van der Waals surface area contributed by atoms with E-state index in [1.165, 1.54) is 10.0 Å². The van der Waals surface area contributed by atoms with Crippen molar-refractivity contribution in [2.24, 2.45) is 10.7 Å². The Bertz CT molecular complexity index is 520. The van der Waals surface area contributed by atoms with Crippen LogP contribution >= 0.6 is 15.9 Å². The predicted octanol–water partition coefficient (Wildman–Crippen LogP) is 2.34. The fraction of sp³-hybridized carbons (Fsp3) is 0.533. The van der Waals surface area contributed by atoms with E-state index in [2.05, 4.69) is 50.9 Å². The molecule has 1 aliphatic heterocycles. The summed E-state index contributed by atoms with van der Waals surface area (Å²) < 4.78 is 6.69. The van der Waals surface area contributed by atoms with Gasteiger partial charge >= 0.3 is 0 Å². The van der Waals surface area contributed by atoms with Crippen molar-refractivity contribution >= 4 is 21.9 Å². The molecule has 1 aliphatic carbocycles. The smallest absolute Gasteiger partial charge is 0.191 e. The van der Waals surface area contributed by atoms with Crippen molar-refractivity contribution in [3.63, 3.8) is 0 Å². The number of benzene rings is 1. The molecule has 0 radical (unpaired) electrons. The molecule has 3 rings (SSSR count). The van der Waals surface area contributed by atoms with Gasteiger partial charge in [0.15, 0.2) is 5.96 Å². The van der Waals surface area contributed by atoms with Crippen molar-refractivity contribution in [3.05, 3.63) is 34.3 Å². The fourth-order valence-corrected chi connectivity index (χ4v) is 3.29. The van der Waals surface area contributed by atoms with Gasteiger partial charge in [0.25, 0.3) is 0 Å². The maximum Gasteiger partial charge on any atom is 0.191 e. The van der Waals surface area contributed by atoms with E-state index >= 15 is 0 Å². The Morgan fingerprint density at radius 3 is 3.00 bits per heavy atom. The van der Waals surface area contributed by atoms with Gasteiger partial charge < -0.3 is 15.4 Å². The lowest BCUT2D eigenvalue weighted by Crippen LogP contribution is -2.48. The van der Waals surface area contributed by atoms with Crippen LogP contribution in [0.4, 0.5) is 0 Å². The highest BCUT2D eigenvalue weighted by atomic mass is 79.9. The van der Waals surface area contributed by atoms with Crippen LogP contribution in [0.5, 0.6) is 0 Å². The lowest BCUT2D eigenvalue weighted by atomic mass is 10.1. The Kier molecular flexibility index (Phi) is 3.98. The molecule has 1 aromatic rings. The van der Waals surface area contributed by atoms with Gasteiger partial charge in [0.2, 0.25) is 0 Å². The Morgan fingerprint density at radius 2 is 2.25 bits per heavy atom. The first-order chi connectivity index (χ1) is 9.65. The summed E-state index contributed by atoms with van der Waals surface area (Å²) in [7, 11) is 0. The van der Waals surface area contributed by atoms with E-state index in [4.69, 9.17) is 10.5 Å². The molecular weight excluding hydrogens is 318 g/mol. The minimum absolute atomic E-state index is 0.232. The van der Waals surface area contributed by atoms with Gasteiger partial charge in [-0.25, -0.2) is 4.99 Å². The Labute approximate surface area is 128 Å². The standard InChI is InChI=1S/C15H20BrN3O/c1-10-9-19(6-7-20-10)15(17)18-14-8-12(14)11-4-2-3-5-13(11)16/h2-5,10,12,14H,6-9H2,1H3,(H2,17,18)/t10?,12-,14+/m0/s1. The number of guanidine groups is 1. The average Bonchev–Trinajstić information content (AvgIpc) is 3.18. The van der Waals surface area contributed by atoms with Crippen molar-refractivity contribution in [2.75, 3.05) is 19.7 Å². The van der Waals surface area contributed by atoms with Crippen LogP contribution in [0.1, 0.15) is 24.8 Å². The molecular formula is C15H20BrN3O. The van der Waals surface area contributed by atoms with E-state index < -0.39 is 0 Å². The normalized spacial score (nSPS) is 30.4. The van der Waals surface area contributed by atoms with E-state index in [0.717, 1.165) is 26.1 Å². The first kappa shape index (κ1) is 13.9. The van der Waals surface area contributed by atoms with E-state index in [9.17, 15) is 0 Å². The number of nitrogens with two attached hydrogens (primary N) is 1. The molecule has 1 saturated carbocycles. The molecule has 0 aromatic heterocycles. The van der Waals surface area contributed by atoms with Crippen LogP contribution in [0.2, 0.25) is 0 Å². The molecule has 20 heavy (non-hydrogen) atoms. The molecule has 2 aliphatic rings. The number of rotatable bonds is 2. The lowest BCUT2D eigenvalue weighted by Gasteiger charge is -2.31. The zero-order valence-electron chi connectivity index (χ0n) is 11.6. The number of halogens is 1. The second-order valence-corrected chi connectivity index (χ2v) is 6.40. The zero-order chi connectivity index (χ0) is 14.1. The third-order valence-electron chi connectivity index (χ3n) is 3.92. The molecule has 108 valence electrons. The summed E-state index contributed by atoms with van der Waals surface area (Å²) in [6.45, 7) is 4.48. The summed E-state index contributed by atoms with van der Waals surface area (Å²) in [6, 6.07) is 8.69. The second kappa shape index (κ2) is 5.74. The number of ether oxygens (including phenoxy) is 1. The third-order valence-corrected chi connectivity index (χ3v) is 4.65. The van der Waals surface area contributed by atoms with Gasteiger partial charge in [0.1, 0.15) is 0 Å². The van der Waals surface area contributed by atoms with Crippen LogP contribution in [0.3, 0.4) is 0 Å². The van der Waals surface area contributed by atoms with E-state index in [1.807, 2.05) is 6.07 Å². The van der Waals surface area contributed by atoms with Gasteiger partial charge in [0, 0.05) is 23.5 Å². The molecule has 2 fully saturated rings. The maximum atomic E-state index is 6.14. The minimum atomic E-state index is 0.232. The second-order valence-electron chi connectivity index (χ2n) is 5.55. The Balaban J connectivity index is 1.64. The highest BCUT2D eigenvalue weighted by molar-refractivity contribution is 9.10. The third kappa shape index (κ3) is 2.99. The Morgan fingerprint density at radius 1 is 1.45 bits per heavy atom. The topological polar surface area (TPSA) is 50.8 Å². The summed E-state index contributed by atoms with van der Waals surface area (Å²) in [5.41, 5.74) is 7.48. The fourth-order valence-electron chi connectivity index (χ4n) is 2.71. The van der Waals surface area contributed by atoms with Gasteiger partial charge in [-0.2, -0.15) is 0 Å². The average molecular weight is 338 g/mol. The molecule has 1 saturated heterocycles. The van der Waals surface area contributed by atoms with Gasteiger partial charge in [-0.05, 0) is 25.0 Å². The maximum absolute atomic E-state index is 6.14. The molecule has 5 heteroatoms. The summed E-state index contributed by atoms with van der Waals surface area (Å²) in [5, 5.41) is 0. The summed E-state index contributed by atoms with van der Waals surface area (Å²) in [5.74, 6) is 1.17. The first-order valence-corrected chi connectivity index (χ1v) is 7.88. The van der Waals surface area contributed by atoms with Crippen molar-refractivity contribution in [1.29, 1.82) is 0 Å². The quantitative estimate of drug-likeness (QED) is 0.665. The number of hydrogen-bond donors (Lipinski definition) is 1. The highest BCUT2D eigenvalue weighted by Gasteiger charge is 2.40. The molecule has 4 nitrogen and oxygen atoms in total. The van der Waals surface area contributed by atoms with E-state index in [1.54, 1.807) is 0 Å². The molecule has 2 N–H and O–H groups in total. The number of nitrogens with zero attached hydrogens (tertiary/aromatic N) is 2. The van der Waals surface area contributed by atoms with Gasteiger partial charge in [-0.1, -0.05) is 34.1 Å².